The number of nitrogens with zero attached hydrogens (tertiary/aromatic N) is 1. The molecule has 3 rings (SSSR count). The van der Waals surface area contributed by atoms with Gasteiger partial charge < -0.3 is 10.6 Å². The van der Waals surface area contributed by atoms with Crippen LogP contribution in [0.1, 0.15) is 34.2 Å². The van der Waals surface area contributed by atoms with Gasteiger partial charge in [0.25, 0.3) is 11.8 Å². The van der Waals surface area contributed by atoms with Crippen molar-refractivity contribution in [2.45, 2.75) is 13.3 Å². The van der Waals surface area contributed by atoms with E-state index >= 15 is 0 Å². The molecule has 5 nitrogen and oxygen atoms in total. The van der Waals surface area contributed by atoms with E-state index in [2.05, 4.69) is 15.6 Å². The Hall–Kier alpha value is -2.51. The number of thiophene rings is 1. The molecule has 7 heteroatoms. The third-order valence-corrected chi connectivity index (χ3v) is 5.27. The van der Waals surface area contributed by atoms with Crippen LogP contribution in [0.25, 0.3) is 9.88 Å². The Morgan fingerprint density at radius 3 is 2.76 bits per heavy atom. The first-order chi connectivity index (χ1) is 12.2. The molecule has 2 amide bonds. The van der Waals surface area contributed by atoms with Crippen molar-refractivity contribution >= 4 is 40.2 Å². The Morgan fingerprint density at radius 2 is 2.00 bits per heavy atom. The Labute approximate surface area is 153 Å². The molecule has 0 saturated heterocycles. The number of hydrogen-bond donors (Lipinski definition) is 2. The molecule has 0 aliphatic rings. The molecule has 0 bridgehead atoms. The van der Waals surface area contributed by atoms with Gasteiger partial charge in [0.15, 0.2) is 0 Å². The molecule has 0 spiro atoms. The number of hydrogen-bond acceptors (Lipinski definition) is 5. The minimum atomic E-state index is -0.287. The molecule has 25 heavy (non-hydrogen) atoms. The van der Waals surface area contributed by atoms with Gasteiger partial charge in [-0.15, -0.1) is 22.7 Å². The van der Waals surface area contributed by atoms with E-state index in [0.717, 1.165) is 16.3 Å². The van der Waals surface area contributed by atoms with Gasteiger partial charge in [-0.25, -0.2) is 4.98 Å². The zero-order chi connectivity index (χ0) is 17.6. The lowest BCUT2D eigenvalue weighted by Crippen LogP contribution is -2.24. The second-order valence-corrected chi connectivity index (χ2v) is 7.11. The summed E-state index contributed by atoms with van der Waals surface area (Å²) in [5.74, 6) is -0.434. The number of aromatic nitrogens is 1. The molecule has 2 heterocycles. The summed E-state index contributed by atoms with van der Waals surface area (Å²) in [6.45, 7) is 2.62. The maximum atomic E-state index is 12.4. The molecule has 0 unspecified atom stereocenters. The molecule has 0 aliphatic carbocycles. The standard InChI is InChI=1S/C18H17N3O2S2/c1-2-8-19-16(22)12-5-3-6-13(10-12)20-17(23)14-11-25-18(21-14)15-7-4-9-24-15/h3-7,9-11H,2,8H2,1H3,(H,19,22)(H,20,23). The van der Waals surface area contributed by atoms with Crippen molar-refractivity contribution in [2.75, 3.05) is 11.9 Å². The van der Waals surface area contributed by atoms with E-state index in [4.69, 9.17) is 0 Å². The molecule has 0 atom stereocenters. The third kappa shape index (κ3) is 4.32. The van der Waals surface area contributed by atoms with Crippen LogP contribution >= 0.6 is 22.7 Å². The lowest BCUT2D eigenvalue weighted by atomic mass is 10.2. The fourth-order valence-corrected chi connectivity index (χ4v) is 3.78. The van der Waals surface area contributed by atoms with Crippen LogP contribution in [0.15, 0.2) is 47.2 Å². The lowest BCUT2D eigenvalue weighted by Gasteiger charge is -2.07. The fourth-order valence-electron chi connectivity index (χ4n) is 2.17. The van der Waals surface area contributed by atoms with Crippen molar-refractivity contribution in [2.24, 2.45) is 0 Å². The van der Waals surface area contributed by atoms with Crippen molar-refractivity contribution in [3.63, 3.8) is 0 Å². The Bertz CT molecular complexity index is 872. The van der Waals surface area contributed by atoms with Crippen LogP contribution in [0, 0.1) is 0 Å². The number of nitrogens with one attached hydrogen (secondary N) is 2. The first-order valence-electron chi connectivity index (χ1n) is 7.86. The highest BCUT2D eigenvalue weighted by atomic mass is 32.1. The largest absolute Gasteiger partial charge is 0.352 e. The van der Waals surface area contributed by atoms with Crippen molar-refractivity contribution in [3.05, 3.63) is 58.4 Å². The smallest absolute Gasteiger partial charge is 0.275 e. The molecular weight excluding hydrogens is 354 g/mol. The summed E-state index contributed by atoms with van der Waals surface area (Å²) in [4.78, 5) is 29.8. The first-order valence-corrected chi connectivity index (χ1v) is 9.62. The van der Waals surface area contributed by atoms with Crippen LogP contribution in [0.5, 0.6) is 0 Å². The van der Waals surface area contributed by atoms with Crippen LogP contribution in [-0.4, -0.2) is 23.3 Å². The molecule has 2 N–H and O–H groups in total. The van der Waals surface area contributed by atoms with Gasteiger partial charge in [-0.05, 0) is 36.1 Å². The summed E-state index contributed by atoms with van der Waals surface area (Å²) in [7, 11) is 0. The maximum Gasteiger partial charge on any atom is 0.275 e. The quantitative estimate of drug-likeness (QED) is 0.680. The number of rotatable bonds is 6. The predicted molar refractivity (Wildman–Crippen MR) is 102 cm³/mol. The van der Waals surface area contributed by atoms with Gasteiger partial charge in [0.1, 0.15) is 10.7 Å². The van der Waals surface area contributed by atoms with Crippen LogP contribution in [0.4, 0.5) is 5.69 Å². The van der Waals surface area contributed by atoms with Crippen molar-refractivity contribution < 1.29 is 9.59 Å². The third-order valence-electron chi connectivity index (χ3n) is 3.39. The molecule has 1 aromatic carbocycles. The average Bonchev–Trinajstić information content (AvgIpc) is 3.30. The van der Waals surface area contributed by atoms with E-state index in [-0.39, 0.29) is 11.8 Å². The van der Waals surface area contributed by atoms with Crippen LogP contribution in [0.3, 0.4) is 0 Å². The van der Waals surface area contributed by atoms with Gasteiger partial charge in [0.2, 0.25) is 0 Å². The summed E-state index contributed by atoms with van der Waals surface area (Å²) in [6, 6.07) is 10.8. The molecule has 0 radical (unpaired) electrons. The zero-order valence-electron chi connectivity index (χ0n) is 13.6. The minimum absolute atomic E-state index is 0.147. The number of thiazole rings is 1. The second-order valence-electron chi connectivity index (χ2n) is 5.31. The van der Waals surface area contributed by atoms with Crippen molar-refractivity contribution in [1.82, 2.24) is 10.3 Å². The number of anilines is 1. The van der Waals surface area contributed by atoms with Gasteiger partial charge in [-0.3, -0.25) is 9.59 Å². The molecular formula is C18H17N3O2S2. The fraction of sp³-hybridized carbons (Fsp3) is 0.167. The number of benzene rings is 1. The molecule has 3 aromatic rings. The molecule has 128 valence electrons. The summed E-state index contributed by atoms with van der Waals surface area (Å²) < 4.78 is 0. The predicted octanol–water partition coefficient (Wildman–Crippen LogP) is 4.26. The minimum Gasteiger partial charge on any atom is -0.352 e. The topological polar surface area (TPSA) is 71.1 Å². The van der Waals surface area contributed by atoms with Gasteiger partial charge in [0.05, 0.1) is 4.88 Å². The number of carbonyl (C=O) groups is 2. The van der Waals surface area contributed by atoms with E-state index < -0.39 is 0 Å². The van der Waals surface area contributed by atoms with E-state index in [1.54, 1.807) is 41.0 Å². The molecule has 0 saturated carbocycles. The van der Waals surface area contributed by atoms with E-state index in [0.29, 0.717) is 23.5 Å². The van der Waals surface area contributed by atoms with Crippen molar-refractivity contribution in [1.29, 1.82) is 0 Å². The summed E-state index contributed by atoms with van der Waals surface area (Å²) in [6.07, 6.45) is 0.874. The second kappa shape index (κ2) is 8.04. The monoisotopic (exact) mass is 371 g/mol. The molecule has 0 aliphatic heterocycles. The van der Waals surface area contributed by atoms with E-state index in [1.807, 2.05) is 24.4 Å². The number of amides is 2. The summed E-state index contributed by atoms with van der Waals surface area (Å²) >= 11 is 3.03. The van der Waals surface area contributed by atoms with Gasteiger partial charge in [-0.2, -0.15) is 0 Å². The van der Waals surface area contributed by atoms with E-state index in [1.165, 1.54) is 11.3 Å². The van der Waals surface area contributed by atoms with Gasteiger partial charge in [0, 0.05) is 23.2 Å². The Morgan fingerprint density at radius 1 is 1.12 bits per heavy atom. The van der Waals surface area contributed by atoms with Gasteiger partial charge in [-0.1, -0.05) is 19.1 Å². The summed E-state index contributed by atoms with van der Waals surface area (Å²) in [5, 5.41) is 10.2. The highest BCUT2D eigenvalue weighted by Crippen LogP contribution is 2.28. The SMILES string of the molecule is CCCNC(=O)c1cccc(NC(=O)c2csc(-c3cccs3)n2)c1. The van der Waals surface area contributed by atoms with Crippen LogP contribution in [-0.2, 0) is 0 Å². The molecule has 2 aromatic heterocycles. The van der Waals surface area contributed by atoms with E-state index in [9.17, 15) is 9.59 Å². The number of carbonyl (C=O) groups excluding carboxylic acids is 2. The highest BCUT2D eigenvalue weighted by molar-refractivity contribution is 7.20. The maximum absolute atomic E-state index is 12.4. The Kier molecular flexibility index (Phi) is 5.57. The van der Waals surface area contributed by atoms with Gasteiger partial charge >= 0.3 is 0 Å². The first kappa shape index (κ1) is 17.3. The lowest BCUT2D eigenvalue weighted by molar-refractivity contribution is 0.0952. The normalized spacial score (nSPS) is 10.4. The zero-order valence-corrected chi connectivity index (χ0v) is 15.2. The van der Waals surface area contributed by atoms with Crippen LogP contribution in [0.2, 0.25) is 0 Å². The molecule has 0 fully saturated rings. The summed E-state index contributed by atoms with van der Waals surface area (Å²) in [5.41, 5.74) is 1.46. The Balaban J connectivity index is 1.70. The highest BCUT2D eigenvalue weighted by Gasteiger charge is 2.13. The average molecular weight is 371 g/mol. The van der Waals surface area contributed by atoms with Crippen molar-refractivity contribution in [3.8, 4) is 9.88 Å². The van der Waals surface area contributed by atoms with Crippen LogP contribution < -0.4 is 10.6 Å².